The molecule has 0 atom stereocenters. The molecule has 9 aromatic carbocycles. The maximum absolute atomic E-state index is 6.98. The van der Waals surface area contributed by atoms with Crippen molar-refractivity contribution in [3.8, 4) is 11.1 Å². The van der Waals surface area contributed by atoms with Crippen LogP contribution in [0.5, 0.6) is 0 Å². The van der Waals surface area contributed by atoms with Crippen LogP contribution in [0.25, 0.3) is 53.2 Å². The fourth-order valence-corrected chi connectivity index (χ4v) is 13.6. The van der Waals surface area contributed by atoms with Gasteiger partial charge in [0.15, 0.2) is 5.58 Å². The van der Waals surface area contributed by atoms with E-state index in [0.717, 1.165) is 44.6 Å². The highest BCUT2D eigenvalue weighted by Crippen LogP contribution is 2.73. The molecule has 0 aliphatic rings. The minimum absolute atomic E-state index is 0.880. The van der Waals surface area contributed by atoms with Crippen molar-refractivity contribution in [1.29, 1.82) is 0 Å². The molecule has 0 aliphatic carbocycles. The van der Waals surface area contributed by atoms with Gasteiger partial charge >= 0.3 is 0 Å². The minimum Gasteiger partial charge on any atom is -0.453 e. The lowest BCUT2D eigenvalue weighted by Crippen LogP contribution is -2.10. The number of thiophene rings is 1. The highest BCUT2D eigenvalue weighted by atomic mass is 32.3. The van der Waals surface area contributed by atoms with E-state index in [1.165, 1.54) is 45.3 Å². The molecule has 11 rings (SSSR count). The molecule has 0 fully saturated rings. The molecule has 0 radical (unpaired) electrons. The first-order valence-corrected chi connectivity index (χ1v) is 22.0. The van der Waals surface area contributed by atoms with Crippen LogP contribution in [0.15, 0.2) is 248 Å². The fraction of sp³-hybridized carbons (Fsp3) is 0. The lowest BCUT2D eigenvalue weighted by Gasteiger charge is -2.42. The number of fused-ring (bicyclic) bond motifs is 7. The molecule has 58 heavy (non-hydrogen) atoms. The van der Waals surface area contributed by atoms with Crippen molar-refractivity contribution >= 4 is 80.5 Å². The monoisotopic (exact) mass is 779 g/mol. The summed E-state index contributed by atoms with van der Waals surface area (Å²) in [5.74, 6) is 0. The molecular formula is C54H37NOS2. The van der Waals surface area contributed by atoms with E-state index in [-0.39, 0.29) is 0 Å². The van der Waals surface area contributed by atoms with Gasteiger partial charge in [0.05, 0.1) is 5.69 Å². The molecule has 0 spiro atoms. The number of benzene rings is 9. The number of furan rings is 1. The number of nitrogens with zero attached hydrogens (tertiary/aromatic N) is 1. The third-order valence-corrected chi connectivity index (χ3v) is 16.2. The summed E-state index contributed by atoms with van der Waals surface area (Å²) in [6.07, 6.45) is 0. The Morgan fingerprint density at radius 2 is 0.828 bits per heavy atom. The molecule has 4 heteroatoms. The SMILES string of the molecule is c1ccc(N(c2ccc(-c3ccc(S(c4ccccc4)(c4ccccc4)c4ccccc4)cc3)cc2)c2cccc3c2oc2c3ccc3sc4ccccc4c32)cc1. The molecule has 0 N–H and O–H groups in total. The van der Waals surface area contributed by atoms with Crippen LogP contribution in [0, 0.1) is 0 Å². The van der Waals surface area contributed by atoms with Gasteiger partial charge < -0.3 is 9.32 Å². The van der Waals surface area contributed by atoms with Gasteiger partial charge in [0, 0.05) is 61.9 Å². The zero-order valence-electron chi connectivity index (χ0n) is 31.5. The number of hydrogen-bond acceptors (Lipinski definition) is 3. The molecule has 11 aromatic rings. The van der Waals surface area contributed by atoms with Crippen molar-refractivity contribution in [2.45, 2.75) is 19.6 Å². The number of anilines is 3. The highest BCUT2D eigenvalue weighted by Gasteiger charge is 2.33. The smallest absolute Gasteiger partial charge is 0.159 e. The summed E-state index contributed by atoms with van der Waals surface area (Å²) in [4.78, 5) is 7.57. The van der Waals surface area contributed by atoms with Crippen molar-refractivity contribution in [2.75, 3.05) is 4.90 Å². The lowest BCUT2D eigenvalue weighted by atomic mass is 10.0. The lowest BCUT2D eigenvalue weighted by molar-refractivity contribution is 0.673. The molecule has 0 unspecified atom stereocenters. The van der Waals surface area contributed by atoms with E-state index >= 15 is 0 Å². The second-order valence-corrected chi connectivity index (χ2v) is 18.7. The van der Waals surface area contributed by atoms with E-state index in [1.54, 1.807) is 0 Å². The predicted molar refractivity (Wildman–Crippen MR) is 247 cm³/mol. The second kappa shape index (κ2) is 14.3. The van der Waals surface area contributed by atoms with Crippen LogP contribution in [-0.2, 0) is 0 Å². The Kier molecular flexibility index (Phi) is 8.46. The van der Waals surface area contributed by atoms with E-state index in [0.29, 0.717) is 0 Å². The minimum atomic E-state index is -1.75. The van der Waals surface area contributed by atoms with Crippen LogP contribution >= 0.6 is 21.4 Å². The summed E-state index contributed by atoms with van der Waals surface area (Å²) in [7, 11) is -1.75. The van der Waals surface area contributed by atoms with Gasteiger partial charge in [0.25, 0.3) is 0 Å². The molecule has 0 amide bonds. The van der Waals surface area contributed by atoms with Crippen LogP contribution in [-0.4, -0.2) is 0 Å². The van der Waals surface area contributed by atoms with Crippen molar-refractivity contribution in [2.24, 2.45) is 0 Å². The van der Waals surface area contributed by atoms with Crippen molar-refractivity contribution in [3.05, 3.63) is 224 Å². The third-order valence-electron chi connectivity index (χ3n) is 11.2. The summed E-state index contributed by atoms with van der Waals surface area (Å²) < 4.78 is 9.50. The van der Waals surface area contributed by atoms with E-state index < -0.39 is 10.0 Å². The molecule has 0 aliphatic heterocycles. The first-order valence-electron chi connectivity index (χ1n) is 19.6. The molecular weight excluding hydrogens is 743 g/mol. The second-order valence-electron chi connectivity index (χ2n) is 14.5. The third kappa shape index (κ3) is 5.56. The molecule has 276 valence electrons. The Labute approximate surface area is 343 Å². The first kappa shape index (κ1) is 34.4. The molecule has 2 aromatic heterocycles. The summed E-state index contributed by atoms with van der Waals surface area (Å²) in [6, 6.07) is 81.5. The summed E-state index contributed by atoms with van der Waals surface area (Å²) in [5.41, 5.74) is 7.30. The van der Waals surface area contributed by atoms with Gasteiger partial charge in [-0.2, -0.15) is 0 Å². The van der Waals surface area contributed by atoms with Gasteiger partial charge in [-0.3, -0.25) is 0 Å². The fourth-order valence-electron chi connectivity index (χ4n) is 8.57. The standard InChI is InChI=1S/C54H37NOS2/c1-5-16-40(17-6-1)55(49-26-15-25-46-47-36-37-51-52(54(47)56-53(46)49)48-24-13-14-27-50(48)57-51)41-32-28-38(29-33-41)39-30-34-45(35-31-39)58(42-18-7-2-8-19-42,43-20-9-3-10-21-43)44-22-11-4-12-23-44/h1-37H. The maximum atomic E-state index is 6.98. The molecule has 0 saturated heterocycles. The first-order chi connectivity index (χ1) is 28.8. The van der Waals surface area contributed by atoms with Crippen molar-refractivity contribution in [1.82, 2.24) is 0 Å². The van der Waals surface area contributed by atoms with E-state index in [2.05, 4.69) is 229 Å². The topological polar surface area (TPSA) is 16.4 Å². The number of hydrogen-bond donors (Lipinski definition) is 0. The normalized spacial score (nSPS) is 12.1. The zero-order valence-corrected chi connectivity index (χ0v) is 33.2. The average molecular weight is 780 g/mol. The highest BCUT2D eigenvalue weighted by molar-refractivity contribution is 8.34. The van der Waals surface area contributed by atoms with Crippen LogP contribution in [0.4, 0.5) is 17.1 Å². The summed E-state index contributed by atoms with van der Waals surface area (Å²) >= 11 is 1.82. The van der Waals surface area contributed by atoms with Crippen LogP contribution < -0.4 is 4.90 Å². The quantitative estimate of drug-likeness (QED) is 0.153. The van der Waals surface area contributed by atoms with Crippen LogP contribution in [0.2, 0.25) is 0 Å². The van der Waals surface area contributed by atoms with E-state index in [9.17, 15) is 0 Å². The maximum Gasteiger partial charge on any atom is 0.159 e. The number of para-hydroxylation sites is 2. The Morgan fingerprint density at radius 1 is 0.345 bits per heavy atom. The van der Waals surface area contributed by atoms with Gasteiger partial charge in [0.2, 0.25) is 0 Å². The largest absolute Gasteiger partial charge is 0.453 e. The van der Waals surface area contributed by atoms with Gasteiger partial charge in [-0.05, 0) is 108 Å². The molecule has 2 heterocycles. The Balaban J connectivity index is 1.01. The molecule has 0 bridgehead atoms. The Hall–Kier alpha value is -6.85. The molecule has 2 nitrogen and oxygen atoms in total. The van der Waals surface area contributed by atoms with Gasteiger partial charge in [-0.15, -0.1) is 21.4 Å². The summed E-state index contributed by atoms with van der Waals surface area (Å²) in [6.45, 7) is 0. The van der Waals surface area contributed by atoms with E-state index in [4.69, 9.17) is 4.42 Å². The van der Waals surface area contributed by atoms with Crippen molar-refractivity contribution in [3.63, 3.8) is 0 Å². The van der Waals surface area contributed by atoms with Gasteiger partial charge in [-0.25, -0.2) is 0 Å². The van der Waals surface area contributed by atoms with Gasteiger partial charge in [0.1, 0.15) is 5.58 Å². The average Bonchev–Trinajstić information content (AvgIpc) is 3.88. The molecule has 0 saturated carbocycles. The van der Waals surface area contributed by atoms with E-state index in [1.807, 2.05) is 11.3 Å². The Bertz CT molecular complexity index is 3100. The van der Waals surface area contributed by atoms with Crippen molar-refractivity contribution < 1.29 is 4.42 Å². The number of rotatable bonds is 8. The van der Waals surface area contributed by atoms with Crippen LogP contribution in [0.3, 0.4) is 0 Å². The van der Waals surface area contributed by atoms with Crippen LogP contribution in [0.1, 0.15) is 0 Å². The zero-order chi connectivity index (χ0) is 38.5. The predicted octanol–water partition coefficient (Wildman–Crippen LogP) is 16.4. The summed E-state index contributed by atoms with van der Waals surface area (Å²) in [5, 5.41) is 4.68. The Morgan fingerprint density at radius 3 is 1.45 bits per heavy atom. The van der Waals surface area contributed by atoms with Gasteiger partial charge in [-0.1, -0.05) is 127 Å².